The molecule has 0 aliphatic heterocycles. The zero-order valence-electron chi connectivity index (χ0n) is 27.9. The van der Waals surface area contributed by atoms with Crippen LogP contribution in [0.4, 0.5) is 17.1 Å². The predicted octanol–water partition coefficient (Wildman–Crippen LogP) is 13.1. The van der Waals surface area contributed by atoms with Crippen molar-refractivity contribution in [3.8, 4) is 22.3 Å². The van der Waals surface area contributed by atoms with Gasteiger partial charge in [0.05, 0.1) is 11.1 Å². The summed E-state index contributed by atoms with van der Waals surface area (Å²) in [6.07, 6.45) is 0. The van der Waals surface area contributed by atoms with Crippen LogP contribution in [0.1, 0.15) is 22.3 Å². The van der Waals surface area contributed by atoms with Crippen LogP contribution < -0.4 is 4.90 Å². The predicted molar refractivity (Wildman–Crippen MR) is 211 cm³/mol. The van der Waals surface area contributed by atoms with Crippen molar-refractivity contribution < 1.29 is 4.42 Å². The van der Waals surface area contributed by atoms with Crippen LogP contribution >= 0.6 is 0 Å². The smallest absolute Gasteiger partial charge is 0.159 e. The molecule has 0 bridgehead atoms. The summed E-state index contributed by atoms with van der Waals surface area (Å²) in [4.78, 5) is 2.31. The van der Waals surface area contributed by atoms with Gasteiger partial charge >= 0.3 is 0 Å². The molecule has 240 valence electrons. The number of hydrogen-bond acceptors (Lipinski definition) is 2. The van der Waals surface area contributed by atoms with Gasteiger partial charge in [-0.05, 0) is 80.9 Å². The molecule has 2 heteroatoms. The van der Waals surface area contributed by atoms with Crippen molar-refractivity contribution in [1.82, 2.24) is 0 Å². The fourth-order valence-electron chi connectivity index (χ4n) is 8.36. The number of hydrogen-bond donors (Lipinski definition) is 0. The Morgan fingerprint density at radius 1 is 0.392 bits per heavy atom. The van der Waals surface area contributed by atoms with Crippen molar-refractivity contribution in [3.63, 3.8) is 0 Å². The molecule has 51 heavy (non-hydrogen) atoms. The van der Waals surface area contributed by atoms with Crippen molar-refractivity contribution in [1.29, 1.82) is 0 Å². The highest BCUT2D eigenvalue weighted by molar-refractivity contribution is 6.10. The molecule has 9 aromatic rings. The van der Waals surface area contributed by atoms with Crippen LogP contribution in [-0.2, 0) is 5.41 Å². The van der Waals surface area contributed by atoms with Crippen LogP contribution in [0, 0.1) is 0 Å². The van der Waals surface area contributed by atoms with Crippen LogP contribution in [0.5, 0.6) is 0 Å². The third-order valence-electron chi connectivity index (χ3n) is 10.5. The molecule has 8 aromatic carbocycles. The molecular formula is C49H33NO. The van der Waals surface area contributed by atoms with E-state index in [0.29, 0.717) is 0 Å². The summed E-state index contributed by atoms with van der Waals surface area (Å²) >= 11 is 0. The Bertz CT molecular complexity index is 2650. The van der Waals surface area contributed by atoms with E-state index in [-0.39, 0.29) is 0 Å². The molecule has 0 saturated heterocycles. The monoisotopic (exact) mass is 651 g/mol. The Morgan fingerprint density at radius 3 is 1.71 bits per heavy atom. The molecule has 0 atom stereocenters. The molecule has 0 N–H and O–H groups in total. The maximum atomic E-state index is 7.04. The average molecular weight is 652 g/mol. The lowest BCUT2D eigenvalue weighted by Crippen LogP contribution is -2.28. The molecule has 2 nitrogen and oxygen atoms in total. The van der Waals surface area contributed by atoms with Gasteiger partial charge in [0.1, 0.15) is 5.58 Å². The maximum absolute atomic E-state index is 7.04. The van der Waals surface area contributed by atoms with Gasteiger partial charge in [-0.1, -0.05) is 164 Å². The van der Waals surface area contributed by atoms with Gasteiger partial charge in [0.2, 0.25) is 0 Å². The van der Waals surface area contributed by atoms with E-state index >= 15 is 0 Å². The normalized spacial score (nSPS) is 12.9. The average Bonchev–Trinajstić information content (AvgIpc) is 3.73. The third kappa shape index (κ3) is 4.50. The molecular weight excluding hydrogens is 619 g/mol. The van der Waals surface area contributed by atoms with Gasteiger partial charge < -0.3 is 9.32 Å². The molecule has 0 saturated carbocycles. The Morgan fingerprint density at radius 2 is 0.980 bits per heavy atom. The summed E-state index contributed by atoms with van der Waals surface area (Å²) in [6.45, 7) is 0. The molecule has 0 unspecified atom stereocenters. The van der Waals surface area contributed by atoms with Gasteiger partial charge in [0, 0.05) is 22.1 Å². The Balaban J connectivity index is 1.20. The topological polar surface area (TPSA) is 16.4 Å². The fraction of sp³-hybridized carbons (Fsp3) is 0.0204. The molecule has 0 fully saturated rings. The first-order valence-corrected chi connectivity index (χ1v) is 17.5. The van der Waals surface area contributed by atoms with Gasteiger partial charge in [-0.25, -0.2) is 0 Å². The Labute approximate surface area is 297 Å². The second kappa shape index (κ2) is 11.8. The first-order chi connectivity index (χ1) is 25.3. The minimum atomic E-state index is -0.488. The van der Waals surface area contributed by atoms with E-state index < -0.39 is 5.41 Å². The number of furan rings is 1. The van der Waals surface area contributed by atoms with Gasteiger partial charge in [0.25, 0.3) is 0 Å². The summed E-state index contributed by atoms with van der Waals surface area (Å²) in [6, 6.07) is 71.9. The second-order valence-corrected chi connectivity index (χ2v) is 13.3. The van der Waals surface area contributed by atoms with Gasteiger partial charge in [-0.3, -0.25) is 0 Å². The fourth-order valence-corrected chi connectivity index (χ4v) is 8.36. The largest absolute Gasteiger partial charge is 0.454 e. The molecule has 1 aliphatic rings. The number of benzene rings is 8. The molecule has 10 rings (SSSR count). The number of fused-ring (bicyclic) bond motifs is 6. The van der Waals surface area contributed by atoms with Gasteiger partial charge in [-0.15, -0.1) is 0 Å². The lowest BCUT2D eigenvalue weighted by atomic mass is 9.67. The van der Waals surface area contributed by atoms with Crippen molar-refractivity contribution in [2.75, 3.05) is 4.90 Å². The molecule has 1 aromatic heterocycles. The van der Waals surface area contributed by atoms with Crippen LogP contribution in [0.15, 0.2) is 205 Å². The Kier molecular flexibility index (Phi) is 6.75. The van der Waals surface area contributed by atoms with E-state index in [0.717, 1.165) is 39.0 Å². The highest BCUT2D eigenvalue weighted by Crippen LogP contribution is 2.56. The minimum absolute atomic E-state index is 0.488. The Hall–Kier alpha value is -6.64. The van der Waals surface area contributed by atoms with Crippen LogP contribution in [0.3, 0.4) is 0 Å². The number of rotatable bonds is 6. The van der Waals surface area contributed by atoms with Crippen molar-refractivity contribution >= 4 is 39.0 Å². The summed E-state index contributed by atoms with van der Waals surface area (Å²) < 4.78 is 7.04. The standard InChI is InChI=1S/C49H33NO/c1-4-16-34(17-5-1)35-18-14-23-39(32-35)50(38-21-8-3-9-22-38)46-29-15-26-43-42-31-30-37(33-47(42)51-48(43)46)49(36-19-6-2-7-20-36)44-27-12-10-24-40(44)41-25-11-13-28-45(41)49/h1-33H. The first-order valence-electron chi connectivity index (χ1n) is 17.5. The van der Waals surface area contributed by atoms with Crippen molar-refractivity contribution in [3.05, 3.63) is 222 Å². The third-order valence-corrected chi connectivity index (χ3v) is 10.5. The number of para-hydroxylation sites is 2. The zero-order valence-corrected chi connectivity index (χ0v) is 27.9. The van der Waals surface area contributed by atoms with E-state index in [1.54, 1.807) is 0 Å². The SMILES string of the molecule is c1ccc(-c2cccc(N(c3ccccc3)c3cccc4c3oc3cc(C5(c6ccccc6)c6ccccc6-c6ccccc65)ccc34)c2)cc1. The van der Waals surface area contributed by atoms with Crippen molar-refractivity contribution in [2.45, 2.75) is 5.41 Å². The minimum Gasteiger partial charge on any atom is -0.454 e. The summed E-state index contributed by atoms with van der Waals surface area (Å²) in [5.41, 5.74) is 14.3. The molecule has 1 aliphatic carbocycles. The van der Waals surface area contributed by atoms with E-state index in [2.05, 4.69) is 205 Å². The summed E-state index contributed by atoms with van der Waals surface area (Å²) in [5, 5.41) is 2.19. The first kappa shape index (κ1) is 29.3. The lowest BCUT2D eigenvalue weighted by molar-refractivity contribution is 0.666. The van der Waals surface area contributed by atoms with Crippen molar-refractivity contribution in [2.24, 2.45) is 0 Å². The summed E-state index contributed by atoms with van der Waals surface area (Å²) in [5.74, 6) is 0. The van der Waals surface area contributed by atoms with E-state index in [1.807, 2.05) is 0 Å². The summed E-state index contributed by atoms with van der Waals surface area (Å²) in [7, 11) is 0. The number of anilines is 3. The van der Waals surface area contributed by atoms with E-state index in [4.69, 9.17) is 4.42 Å². The van der Waals surface area contributed by atoms with Crippen LogP contribution in [0.25, 0.3) is 44.2 Å². The highest BCUT2D eigenvalue weighted by atomic mass is 16.3. The van der Waals surface area contributed by atoms with E-state index in [9.17, 15) is 0 Å². The quantitative estimate of drug-likeness (QED) is 0.178. The van der Waals surface area contributed by atoms with Gasteiger partial charge in [0.15, 0.2) is 5.58 Å². The maximum Gasteiger partial charge on any atom is 0.159 e. The molecule has 1 heterocycles. The number of nitrogens with zero attached hydrogens (tertiary/aromatic N) is 1. The van der Waals surface area contributed by atoms with Gasteiger partial charge in [-0.2, -0.15) is 0 Å². The molecule has 0 radical (unpaired) electrons. The van der Waals surface area contributed by atoms with Crippen LogP contribution in [0.2, 0.25) is 0 Å². The molecule has 0 spiro atoms. The van der Waals surface area contributed by atoms with Crippen LogP contribution in [-0.4, -0.2) is 0 Å². The highest BCUT2D eigenvalue weighted by Gasteiger charge is 2.46. The second-order valence-electron chi connectivity index (χ2n) is 13.3. The zero-order chi connectivity index (χ0) is 33.8. The lowest BCUT2D eigenvalue weighted by Gasteiger charge is -2.33. The van der Waals surface area contributed by atoms with E-state index in [1.165, 1.54) is 44.5 Å². The molecule has 0 amide bonds.